The third-order valence-electron chi connectivity index (χ3n) is 1.25. The van der Waals surface area contributed by atoms with Crippen molar-refractivity contribution in [3.63, 3.8) is 0 Å². The summed E-state index contributed by atoms with van der Waals surface area (Å²) in [6.45, 7) is -0.361. The van der Waals surface area contributed by atoms with Crippen molar-refractivity contribution >= 4 is 17.9 Å². The molecular formula is C7H13N3O5. The Morgan fingerprint density at radius 3 is 2.53 bits per heavy atom. The number of nitrogens with two attached hydrogens (primary N) is 1. The molecule has 5 N–H and O–H groups in total. The van der Waals surface area contributed by atoms with Gasteiger partial charge in [-0.15, -0.1) is 0 Å². The van der Waals surface area contributed by atoms with Gasteiger partial charge < -0.3 is 16.2 Å². The Labute approximate surface area is 85.7 Å². The largest absolute Gasteiger partial charge is 0.479 e. The van der Waals surface area contributed by atoms with Gasteiger partial charge in [0, 0.05) is 13.0 Å². The van der Waals surface area contributed by atoms with Crippen molar-refractivity contribution in [1.29, 1.82) is 0 Å². The van der Waals surface area contributed by atoms with Gasteiger partial charge >= 0.3 is 12.0 Å². The average Bonchev–Trinajstić information content (AvgIpc) is 2.11. The summed E-state index contributed by atoms with van der Waals surface area (Å²) in [6.07, 6.45) is 0.595. The number of carboxylic acids is 1. The number of hydrogen-bond donors (Lipinski definition) is 4. The molecule has 3 amide bonds. The zero-order chi connectivity index (χ0) is 11.7. The summed E-state index contributed by atoms with van der Waals surface area (Å²) >= 11 is 0. The van der Waals surface area contributed by atoms with Crippen LogP contribution >= 0.6 is 0 Å². The van der Waals surface area contributed by atoms with Crippen LogP contribution in [0.4, 0.5) is 4.79 Å². The second-order valence-electron chi connectivity index (χ2n) is 2.61. The van der Waals surface area contributed by atoms with Crippen LogP contribution in [0.1, 0.15) is 12.8 Å². The first kappa shape index (κ1) is 13.2. The maximum atomic E-state index is 10.8. The van der Waals surface area contributed by atoms with Gasteiger partial charge in [0.15, 0.2) is 6.61 Å². The molecule has 0 aliphatic rings. The highest BCUT2D eigenvalue weighted by Crippen LogP contribution is 1.83. The second-order valence-corrected chi connectivity index (χ2v) is 2.61. The zero-order valence-electron chi connectivity index (χ0n) is 7.99. The molecule has 8 nitrogen and oxygen atoms in total. The van der Waals surface area contributed by atoms with Crippen LogP contribution in [-0.2, 0) is 14.4 Å². The molecule has 15 heavy (non-hydrogen) atoms. The standard InChI is InChI=1S/C7H13N3O5/c8-5(11)2-1-3-9-7(14)10-15-4-6(12)13/h1-4H2,(H2,8,11)(H,12,13)(H2,9,10,14). The fourth-order valence-electron chi connectivity index (χ4n) is 0.664. The number of primary amides is 1. The zero-order valence-corrected chi connectivity index (χ0v) is 7.99. The molecule has 86 valence electrons. The van der Waals surface area contributed by atoms with Gasteiger partial charge in [0.25, 0.3) is 0 Å². The van der Waals surface area contributed by atoms with E-state index in [0.717, 1.165) is 0 Å². The van der Waals surface area contributed by atoms with Gasteiger partial charge in [-0.05, 0) is 6.42 Å². The first-order valence-electron chi connectivity index (χ1n) is 4.18. The van der Waals surface area contributed by atoms with Crippen LogP contribution in [-0.4, -0.2) is 36.2 Å². The summed E-state index contributed by atoms with van der Waals surface area (Å²) in [5, 5.41) is 10.5. The van der Waals surface area contributed by atoms with Crippen molar-refractivity contribution in [3.05, 3.63) is 0 Å². The molecule has 0 aliphatic heterocycles. The Bertz CT molecular complexity index is 243. The third-order valence-corrected chi connectivity index (χ3v) is 1.25. The number of carbonyl (C=O) groups is 3. The normalized spacial score (nSPS) is 9.33. The fraction of sp³-hybridized carbons (Fsp3) is 0.571. The maximum Gasteiger partial charge on any atom is 0.338 e. The van der Waals surface area contributed by atoms with Gasteiger partial charge in [0.2, 0.25) is 5.91 Å². The molecule has 0 rings (SSSR count). The highest BCUT2D eigenvalue weighted by molar-refractivity contribution is 5.74. The summed E-state index contributed by atoms with van der Waals surface area (Å²) in [7, 11) is 0. The van der Waals surface area contributed by atoms with Crippen LogP contribution in [0.5, 0.6) is 0 Å². The van der Waals surface area contributed by atoms with Crippen LogP contribution in [0.25, 0.3) is 0 Å². The van der Waals surface area contributed by atoms with Gasteiger partial charge in [-0.1, -0.05) is 0 Å². The minimum absolute atomic E-state index is 0.177. The Kier molecular flexibility index (Phi) is 6.64. The van der Waals surface area contributed by atoms with Crippen LogP contribution in [0, 0.1) is 0 Å². The lowest BCUT2D eigenvalue weighted by Crippen LogP contribution is -2.37. The molecule has 0 saturated carbocycles. The summed E-state index contributed by atoms with van der Waals surface area (Å²) in [6, 6.07) is -0.666. The number of amides is 3. The fourth-order valence-corrected chi connectivity index (χ4v) is 0.664. The van der Waals surface area contributed by atoms with Crippen molar-refractivity contribution in [2.45, 2.75) is 12.8 Å². The lowest BCUT2D eigenvalue weighted by molar-refractivity contribution is -0.144. The Balaban J connectivity index is 3.33. The first-order chi connectivity index (χ1) is 7.02. The van der Waals surface area contributed by atoms with Crippen LogP contribution < -0.4 is 16.5 Å². The van der Waals surface area contributed by atoms with E-state index >= 15 is 0 Å². The van der Waals surface area contributed by atoms with Gasteiger partial charge in [0.1, 0.15) is 0 Å². The molecule has 0 atom stereocenters. The van der Waals surface area contributed by atoms with E-state index < -0.39 is 24.5 Å². The number of hydroxylamine groups is 1. The molecule has 0 spiro atoms. The maximum absolute atomic E-state index is 10.8. The van der Waals surface area contributed by atoms with Gasteiger partial charge in [-0.25, -0.2) is 15.1 Å². The van der Waals surface area contributed by atoms with E-state index in [9.17, 15) is 14.4 Å². The van der Waals surface area contributed by atoms with Crippen LogP contribution in [0.2, 0.25) is 0 Å². The van der Waals surface area contributed by atoms with E-state index in [0.29, 0.717) is 6.42 Å². The molecule has 8 heteroatoms. The summed E-state index contributed by atoms with van der Waals surface area (Å²) in [5.74, 6) is -1.64. The van der Waals surface area contributed by atoms with E-state index in [1.807, 2.05) is 5.48 Å². The van der Waals surface area contributed by atoms with Crippen molar-refractivity contribution in [1.82, 2.24) is 10.8 Å². The number of urea groups is 1. The molecule has 0 radical (unpaired) electrons. The van der Waals surface area contributed by atoms with E-state index in [4.69, 9.17) is 10.8 Å². The van der Waals surface area contributed by atoms with E-state index in [2.05, 4.69) is 10.2 Å². The number of hydrogen-bond acceptors (Lipinski definition) is 4. The minimum Gasteiger partial charge on any atom is -0.479 e. The topological polar surface area (TPSA) is 131 Å². The lowest BCUT2D eigenvalue weighted by atomic mass is 10.3. The number of rotatable bonds is 7. The quantitative estimate of drug-likeness (QED) is 0.308. The lowest BCUT2D eigenvalue weighted by Gasteiger charge is -2.05. The predicted octanol–water partition coefficient (Wildman–Crippen LogP) is -1.43. The molecule has 0 fully saturated rings. The monoisotopic (exact) mass is 219 g/mol. The molecule has 0 aromatic heterocycles. The van der Waals surface area contributed by atoms with E-state index in [-0.39, 0.29) is 13.0 Å². The highest BCUT2D eigenvalue weighted by atomic mass is 16.7. The number of carbonyl (C=O) groups excluding carboxylic acids is 2. The molecule has 0 heterocycles. The Morgan fingerprint density at radius 1 is 1.33 bits per heavy atom. The smallest absolute Gasteiger partial charge is 0.338 e. The third kappa shape index (κ3) is 10.1. The molecular weight excluding hydrogens is 206 g/mol. The summed E-state index contributed by atoms with van der Waals surface area (Å²) < 4.78 is 0. The van der Waals surface area contributed by atoms with E-state index in [1.165, 1.54) is 0 Å². The van der Waals surface area contributed by atoms with Gasteiger partial charge in [-0.2, -0.15) is 0 Å². The summed E-state index contributed by atoms with van der Waals surface area (Å²) in [4.78, 5) is 35.4. The Morgan fingerprint density at radius 2 is 2.00 bits per heavy atom. The molecule has 0 aliphatic carbocycles. The van der Waals surface area contributed by atoms with Crippen molar-refractivity contribution < 1.29 is 24.3 Å². The van der Waals surface area contributed by atoms with Crippen molar-refractivity contribution in [2.24, 2.45) is 5.73 Å². The molecule has 0 bridgehead atoms. The first-order valence-corrected chi connectivity index (χ1v) is 4.18. The second kappa shape index (κ2) is 7.56. The molecule has 0 saturated heterocycles. The summed E-state index contributed by atoms with van der Waals surface area (Å²) in [5.41, 5.74) is 6.72. The highest BCUT2D eigenvalue weighted by Gasteiger charge is 2.02. The minimum atomic E-state index is -1.19. The Hall–Kier alpha value is -1.83. The molecule has 0 unspecified atom stereocenters. The van der Waals surface area contributed by atoms with Crippen molar-refractivity contribution in [2.75, 3.05) is 13.2 Å². The van der Waals surface area contributed by atoms with Crippen molar-refractivity contribution in [3.8, 4) is 0 Å². The molecule has 0 aromatic rings. The SMILES string of the molecule is NC(=O)CCCNC(=O)NOCC(=O)O. The van der Waals surface area contributed by atoms with Gasteiger partial charge in [0.05, 0.1) is 0 Å². The van der Waals surface area contributed by atoms with Crippen LogP contribution in [0.3, 0.4) is 0 Å². The van der Waals surface area contributed by atoms with Crippen LogP contribution in [0.15, 0.2) is 0 Å². The number of nitrogens with one attached hydrogen (secondary N) is 2. The number of aliphatic carboxylic acids is 1. The number of carboxylic acid groups (broad SMARTS) is 1. The predicted molar refractivity (Wildman–Crippen MR) is 48.6 cm³/mol. The van der Waals surface area contributed by atoms with E-state index in [1.54, 1.807) is 0 Å². The van der Waals surface area contributed by atoms with Gasteiger partial charge in [-0.3, -0.25) is 9.63 Å². The molecule has 0 aromatic carbocycles. The average molecular weight is 219 g/mol.